The first-order valence-electron chi connectivity index (χ1n) is 7.02. The first kappa shape index (κ1) is 13.7. The number of aromatic amines is 1. The topological polar surface area (TPSA) is 63.6 Å². The van der Waals surface area contributed by atoms with E-state index in [0.717, 1.165) is 5.56 Å². The Morgan fingerprint density at radius 2 is 1.74 bits per heavy atom. The van der Waals surface area contributed by atoms with Gasteiger partial charge in [0, 0.05) is 11.8 Å². The van der Waals surface area contributed by atoms with Gasteiger partial charge in [0.2, 0.25) is 0 Å². The Balaban J connectivity index is 2.00. The summed E-state index contributed by atoms with van der Waals surface area (Å²) < 4.78 is 1.61. The van der Waals surface area contributed by atoms with Crippen LogP contribution in [0.15, 0.2) is 65.6 Å². The molecule has 0 aliphatic rings. The highest BCUT2D eigenvalue weighted by Crippen LogP contribution is 2.26. The van der Waals surface area contributed by atoms with E-state index in [4.69, 9.17) is 11.6 Å². The summed E-state index contributed by atoms with van der Waals surface area (Å²) in [5.41, 5.74) is 2.30. The van der Waals surface area contributed by atoms with Crippen LogP contribution in [0.1, 0.15) is 0 Å². The molecule has 0 amide bonds. The summed E-state index contributed by atoms with van der Waals surface area (Å²) in [6.07, 6.45) is 1.78. The van der Waals surface area contributed by atoms with E-state index in [9.17, 15) is 4.79 Å². The number of rotatable bonds is 2. The number of aromatic nitrogens is 4. The maximum Gasteiger partial charge on any atom is 0.292 e. The van der Waals surface area contributed by atoms with E-state index in [1.54, 1.807) is 16.9 Å². The third-order valence-electron chi connectivity index (χ3n) is 3.60. The Bertz CT molecular complexity index is 1050. The van der Waals surface area contributed by atoms with E-state index in [0.29, 0.717) is 27.3 Å². The fraction of sp³-hybridized carbons (Fsp3) is 0. The maximum absolute atomic E-state index is 12.1. The molecule has 0 saturated heterocycles. The quantitative estimate of drug-likeness (QED) is 0.615. The van der Waals surface area contributed by atoms with Crippen LogP contribution < -0.4 is 5.56 Å². The zero-order valence-electron chi connectivity index (χ0n) is 11.9. The van der Waals surface area contributed by atoms with Crippen LogP contribution in [0.5, 0.6) is 0 Å². The Labute approximate surface area is 136 Å². The summed E-state index contributed by atoms with van der Waals surface area (Å²) >= 11 is 6.22. The van der Waals surface area contributed by atoms with Crippen LogP contribution in [0.4, 0.5) is 0 Å². The molecule has 23 heavy (non-hydrogen) atoms. The van der Waals surface area contributed by atoms with Crippen LogP contribution in [-0.4, -0.2) is 20.0 Å². The molecule has 2 aromatic carbocycles. The third kappa shape index (κ3) is 2.31. The number of nitrogens with zero attached hydrogens (tertiary/aromatic N) is 3. The standard InChI is InChI=1S/C17H11ClN4O/c18-13-8-4-5-9-14(13)22-10-12-15(11-6-2-1-3-7-11)19-20-17(23)16(12)21-22/h1-10H,(H,20,23). The zero-order valence-corrected chi connectivity index (χ0v) is 12.7. The van der Waals surface area contributed by atoms with Gasteiger partial charge in [-0.15, -0.1) is 0 Å². The van der Waals surface area contributed by atoms with Crippen molar-refractivity contribution in [1.29, 1.82) is 0 Å². The second kappa shape index (κ2) is 5.37. The lowest BCUT2D eigenvalue weighted by Crippen LogP contribution is -2.09. The molecule has 0 fully saturated rings. The third-order valence-corrected chi connectivity index (χ3v) is 3.92. The van der Waals surface area contributed by atoms with E-state index < -0.39 is 0 Å². The molecule has 1 N–H and O–H groups in total. The average molecular weight is 323 g/mol. The fourth-order valence-corrected chi connectivity index (χ4v) is 2.73. The number of hydrogen-bond donors (Lipinski definition) is 1. The Kier molecular flexibility index (Phi) is 3.20. The van der Waals surface area contributed by atoms with Crippen LogP contribution in [0.25, 0.3) is 27.8 Å². The fourth-order valence-electron chi connectivity index (χ4n) is 2.51. The minimum Gasteiger partial charge on any atom is -0.265 e. The highest BCUT2D eigenvalue weighted by Gasteiger charge is 2.14. The lowest BCUT2D eigenvalue weighted by atomic mass is 10.1. The Hall–Kier alpha value is -2.92. The number of fused-ring (bicyclic) bond motifs is 1. The first-order chi connectivity index (χ1) is 11.2. The van der Waals surface area contributed by atoms with Crippen LogP contribution >= 0.6 is 11.6 Å². The van der Waals surface area contributed by atoms with Crippen LogP contribution in [0.3, 0.4) is 0 Å². The number of para-hydroxylation sites is 1. The van der Waals surface area contributed by atoms with Crippen molar-refractivity contribution in [2.45, 2.75) is 0 Å². The van der Waals surface area contributed by atoms with Crippen molar-refractivity contribution < 1.29 is 0 Å². The summed E-state index contributed by atoms with van der Waals surface area (Å²) in [5.74, 6) is 0. The monoisotopic (exact) mass is 322 g/mol. The Morgan fingerprint density at radius 3 is 2.52 bits per heavy atom. The minimum atomic E-state index is -0.328. The highest BCUT2D eigenvalue weighted by atomic mass is 35.5. The predicted octanol–water partition coefficient (Wildman–Crippen LogP) is 3.43. The van der Waals surface area contributed by atoms with E-state index in [-0.39, 0.29) is 5.56 Å². The molecule has 2 aromatic heterocycles. The highest BCUT2D eigenvalue weighted by molar-refractivity contribution is 6.32. The SMILES string of the molecule is O=c1[nH]nc(-c2ccccc2)c2cn(-c3ccccc3Cl)nc12. The molecule has 0 atom stereocenters. The lowest BCUT2D eigenvalue weighted by molar-refractivity contribution is 0.891. The van der Waals surface area contributed by atoms with Crippen molar-refractivity contribution in [3.63, 3.8) is 0 Å². The molecule has 4 aromatic rings. The summed E-state index contributed by atoms with van der Waals surface area (Å²) in [5, 5.41) is 12.3. The van der Waals surface area contributed by atoms with Gasteiger partial charge in [0.1, 0.15) is 5.69 Å². The average Bonchev–Trinajstić information content (AvgIpc) is 3.02. The van der Waals surface area contributed by atoms with Crippen LogP contribution in [-0.2, 0) is 0 Å². The van der Waals surface area contributed by atoms with Gasteiger partial charge >= 0.3 is 0 Å². The summed E-state index contributed by atoms with van der Waals surface area (Å²) in [6, 6.07) is 17.0. The zero-order chi connectivity index (χ0) is 15.8. The van der Waals surface area contributed by atoms with Crippen molar-refractivity contribution in [1.82, 2.24) is 20.0 Å². The molecule has 0 unspecified atom stereocenters. The maximum atomic E-state index is 12.1. The first-order valence-corrected chi connectivity index (χ1v) is 7.40. The van der Waals surface area contributed by atoms with Crippen LogP contribution in [0, 0.1) is 0 Å². The molecule has 2 heterocycles. The molecule has 0 radical (unpaired) electrons. The van der Waals surface area contributed by atoms with Crippen molar-refractivity contribution in [3.05, 3.63) is 76.2 Å². The van der Waals surface area contributed by atoms with Gasteiger partial charge in [-0.25, -0.2) is 9.78 Å². The van der Waals surface area contributed by atoms with Gasteiger partial charge in [0.25, 0.3) is 5.56 Å². The van der Waals surface area contributed by atoms with Crippen molar-refractivity contribution in [3.8, 4) is 16.9 Å². The minimum absolute atomic E-state index is 0.328. The van der Waals surface area contributed by atoms with Crippen molar-refractivity contribution >= 4 is 22.5 Å². The van der Waals surface area contributed by atoms with Crippen molar-refractivity contribution in [2.24, 2.45) is 0 Å². The number of H-pyrrole nitrogens is 1. The summed E-state index contributed by atoms with van der Waals surface area (Å²) in [6.45, 7) is 0. The van der Waals surface area contributed by atoms with E-state index >= 15 is 0 Å². The number of benzene rings is 2. The molecule has 5 nitrogen and oxygen atoms in total. The summed E-state index contributed by atoms with van der Waals surface area (Å²) in [7, 11) is 0. The Morgan fingerprint density at radius 1 is 1.00 bits per heavy atom. The molecule has 0 bridgehead atoms. The van der Waals surface area contributed by atoms with Crippen LogP contribution in [0.2, 0.25) is 5.02 Å². The van der Waals surface area contributed by atoms with Gasteiger partial charge in [-0.3, -0.25) is 4.79 Å². The predicted molar refractivity (Wildman–Crippen MR) is 89.9 cm³/mol. The molecule has 6 heteroatoms. The van der Waals surface area contributed by atoms with Gasteiger partial charge in [-0.1, -0.05) is 54.1 Å². The second-order valence-corrected chi connectivity index (χ2v) is 5.46. The smallest absolute Gasteiger partial charge is 0.265 e. The van der Waals surface area contributed by atoms with Gasteiger partial charge < -0.3 is 0 Å². The molecule has 112 valence electrons. The number of halogens is 1. The lowest BCUT2D eigenvalue weighted by Gasteiger charge is -2.02. The van der Waals surface area contributed by atoms with E-state index in [1.165, 1.54) is 0 Å². The second-order valence-electron chi connectivity index (χ2n) is 5.05. The number of hydrogen-bond acceptors (Lipinski definition) is 3. The van der Waals surface area contributed by atoms with Gasteiger partial charge in [-0.2, -0.15) is 10.2 Å². The van der Waals surface area contributed by atoms with Gasteiger partial charge in [0.05, 0.1) is 16.1 Å². The van der Waals surface area contributed by atoms with Gasteiger partial charge in [-0.05, 0) is 12.1 Å². The molecule has 0 spiro atoms. The van der Waals surface area contributed by atoms with Crippen molar-refractivity contribution in [2.75, 3.05) is 0 Å². The molecule has 0 aliphatic heterocycles. The largest absolute Gasteiger partial charge is 0.292 e. The normalized spacial score (nSPS) is 11.0. The molecular formula is C17H11ClN4O. The van der Waals surface area contributed by atoms with E-state index in [1.807, 2.05) is 48.5 Å². The molecular weight excluding hydrogens is 312 g/mol. The van der Waals surface area contributed by atoms with E-state index in [2.05, 4.69) is 15.3 Å². The molecule has 0 saturated carbocycles. The summed E-state index contributed by atoms with van der Waals surface area (Å²) in [4.78, 5) is 12.1. The number of nitrogens with one attached hydrogen (secondary N) is 1. The molecule has 4 rings (SSSR count). The molecule has 0 aliphatic carbocycles. The van der Waals surface area contributed by atoms with Gasteiger partial charge in [0.15, 0.2) is 5.52 Å².